The molecule has 0 spiro atoms. The van der Waals surface area contributed by atoms with Gasteiger partial charge in [-0.25, -0.2) is 5.43 Å². The van der Waals surface area contributed by atoms with Crippen LogP contribution in [0.3, 0.4) is 0 Å². The van der Waals surface area contributed by atoms with Gasteiger partial charge in [0.15, 0.2) is 0 Å². The van der Waals surface area contributed by atoms with Gasteiger partial charge in [-0.05, 0) is 0 Å². The number of nitrogens with zero attached hydrogens (tertiary/aromatic N) is 1. The van der Waals surface area contributed by atoms with Crippen LogP contribution in [-0.2, 0) is 14.4 Å². The zero-order valence-electron chi connectivity index (χ0n) is 10.9. The normalized spacial score (nSPS) is 18.8. The first-order valence-electron chi connectivity index (χ1n) is 5.86. The minimum Gasteiger partial charge on any atom is -0.292 e. The Bertz CT molecular complexity index is 292. The van der Waals surface area contributed by atoms with E-state index in [4.69, 9.17) is 0 Å². The second-order valence-corrected chi connectivity index (χ2v) is 3.54. The van der Waals surface area contributed by atoms with Crippen LogP contribution in [0.4, 0.5) is 0 Å². The van der Waals surface area contributed by atoms with Crippen LogP contribution in [0, 0.1) is 5.92 Å². The van der Waals surface area contributed by atoms with Crippen molar-refractivity contribution >= 4 is 17.7 Å². The summed E-state index contributed by atoms with van der Waals surface area (Å²) in [4.78, 5) is 35.0. The van der Waals surface area contributed by atoms with Crippen molar-refractivity contribution < 1.29 is 14.4 Å². The van der Waals surface area contributed by atoms with E-state index in [1.807, 2.05) is 13.8 Å². The molecule has 17 heavy (non-hydrogen) atoms. The Hall–Kier alpha value is -1.43. The molecule has 0 aromatic heterocycles. The lowest BCUT2D eigenvalue weighted by Crippen LogP contribution is -2.38. The molecule has 1 heterocycles. The number of hydrogen-bond acceptors (Lipinski definition) is 4. The highest BCUT2D eigenvalue weighted by Gasteiger charge is 2.35. The minimum absolute atomic E-state index is 0.130. The molecule has 1 aliphatic heterocycles. The summed E-state index contributed by atoms with van der Waals surface area (Å²) in [5.41, 5.74) is 4.86. The van der Waals surface area contributed by atoms with Crippen LogP contribution < -0.4 is 10.9 Å². The minimum atomic E-state index is -0.245. The number of hydrogen-bond donors (Lipinski definition) is 2. The molecule has 0 aromatic rings. The van der Waals surface area contributed by atoms with Crippen molar-refractivity contribution in [2.45, 2.75) is 33.6 Å². The summed E-state index contributed by atoms with van der Waals surface area (Å²) in [6.45, 7) is 5.88. The number of carbonyl (C=O) groups excluding carboxylic acids is 3. The van der Waals surface area contributed by atoms with Crippen LogP contribution in [-0.4, -0.2) is 36.2 Å². The Kier molecular flexibility index (Phi) is 7.13. The quantitative estimate of drug-likeness (QED) is 0.540. The van der Waals surface area contributed by atoms with Crippen LogP contribution >= 0.6 is 0 Å². The van der Waals surface area contributed by atoms with Crippen molar-refractivity contribution in [1.29, 1.82) is 0 Å². The number of nitrogens with one attached hydrogen (secondary N) is 2. The fourth-order valence-electron chi connectivity index (χ4n) is 1.50. The maximum absolute atomic E-state index is 11.4. The summed E-state index contributed by atoms with van der Waals surface area (Å²) >= 11 is 0. The fraction of sp³-hybridized carbons (Fsp3) is 0.727. The van der Waals surface area contributed by atoms with E-state index in [0.29, 0.717) is 0 Å². The molecular weight excluding hydrogens is 222 g/mol. The third kappa shape index (κ3) is 4.52. The van der Waals surface area contributed by atoms with Gasteiger partial charge in [-0.15, -0.1) is 0 Å². The van der Waals surface area contributed by atoms with Crippen LogP contribution in [0.2, 0.25) is 0 Å². The van der Waals surface area contributed by atoms with E-state index in [0.717, 1.165) is 4.90 Å². The Morgan fingerprint density at radius 2 is 2.00 bits per heavy atom. The number of carbonyl (C=O) groups is 3. The average molecular weight is 243 g/mol. The first-order valence-corrected chi connectivity index (χ1v) is 5.86. The van der Waals surface area contributed by atoms with Crippen molar-refractivity contribution in [2.75, 3.05) is 13.6 Å². The topological polar surface area (TPSA) is 78.5 Å². The molecule has 6 nitrogen and oxygen atoms in total. The smallest absolute Gasteiger partial charge is 0.235 e. The van der Waals surface area contributed by atoms with E-state index in [2.05, 4.69) is 10.9 Å². The van der Waals surface area contributed by atoms with Gasteiger partial charge in [0.2, 0.25) is 17.7 Å². The van der Waals surface area contributed by atoms with Crippen LogP contribution in [0.15, 0.2) is 0 Å². The average Bonchev–Trinajstić information content (AvgIpc) is 2.54. The van der Waals surface area contributed by atoms with E-state index in [9.17, 15) is 14.4 Å². The molecule has 0 aromatic carbocycles. The molecule has 2 N–H and O–H groups in total. The molecule has 0 aliphatic carbocycles. The van der Waals surface area contributed by atoms with Gasteiger partial charge < -0.3 is 0 Å². The van der Waals surface area contributed by atoms with E-state index in [1.165, 1.54) is 0 Å². The molecular formula is C11H21N3O3. The van der Waals surface area contributed by atoms with E-state index in [-0.39, 0.29) is 43.0 Å². The Labute approximate surface area is 102 Å². The second kappa shape index (κ2) is 7.78. The molecule has 0 saturated carbocycles. The maximum Gasteiger partial charge on any atom is 0.235 e. The molecule has 98 valence electrons. The van der Waals surface area contributed by atoms with Gasteiger partial charge in [-0.1, -0.05) is 20.8 Å². The highest BCUT2D eigenvalue weighted by Crippen LogP contribution is 2.18. The molecule has 1 saturated heterocycles. The van der Waals surface area contributed by atoms with Gasteiger partial charge in [0.25, 0.3) is 0 Å². The summed E-state index contributed by atoms with van der Waals surface area (Å²) in [6, 6.07) is 0. The third-order valence-corrected chi connectivity index (χ3v) is 2.30. The SMILES string of the molecule is CC.CNNC(=O)CCN1C(=O)CC(C)C1=O. The Balaban J connectivity index is 0.00000121. The molecule has 1 aliphatic rings. The van der Waals surface area contributed by atoms with Gasteiger partial charge in [0.1, 0.15) is 0 Å². The number of rotatable bonds is 4. The van der Waals surface area contributed by atoms with Gasteiger partial charge in [-0.2, -0.15) is 0 Å². The standard InChI is InChI=1S/C9H15N3O3.C2H6/c1-6-5-8(14)12(9(6)15)4-3-7(13)11-10-2;1-2/h6,10H,3-5H2,1-2H3,(H,11,13);1-2H3. The zero-order valence-corrected chi connectivity index (χ0v) is 10.9. The Morgan fingerprint density at radius 1 is 1.41 bits per heavy atom. The molecule has 6 heteroatoms. The fourth-order valence-corrected chi connectivity index (χ4v) is 1.50. The lowest BCUT2D eigenvalue weighted by atomic mass is 10.1. The lowest BCUT2D eigenvalue weighted by molar-refractivity contribution is -0.139. The molecule has 3 amide bonds. The number of amides is 3. The molecule has 0 radical (unpaired) electrons. The summed E-state index contributed by atoms with van der Waals surface area (Å²) in [5, 5.41) is 0. The first-order chi connectivity index (χ1) is 8.06. The molecule has 1 rings (SSSR count). The van der Waals surface area contributed by atoms with Gasteiger partial charge in [0.05, 0.1) is 0 Å². The number of imide groups is 1. The molecule has 1 unspecified atom stereocenters. The van der Waals surface area contributed by atoms with Gasteiger partial charge in [-0.3, -0.25) is 24.7 Å². The Morgan fingerprint density at radius 3 is 2.41 bits per heavy atom. The van der Waals surface area contributed by atoms with Crippen LogP contribution in [0.5, 0.6) is 0 Å². The summed E-state index contributed by atoms with van der Waals surface area (Å²) in [6.07, 6.45) is 0.386. The molecule has 0 bridgehead atoms. The van der Waals surface area contributed by atoms with Crippen molar-refractivity contribution in [2.24, 2.45) is 5.92 Å². The van der Waals surface area contributed by atoms with Crippen molar-refractivity contribution in [3.05, 3.63) is 0 Å². The van der Waals surface area contributed by atoms with Crippen LogP contribution in [0.1, 0.15) is 33.6 Å². The molecule has 1 atom stereocenters. The predicted octanol–water partition coefficient (Wildman–Crippen LogP) is 0.0483. The predicted molar refractivity (Wildman–Crippen MR) is 63.7 cm³/mol. The summed E-state index contributed by atoms with van der Waals surface area (Å²) < 4.78 is 0. The van der Waals surface area contributed by atoms with Crippen molar-refractivity contribution in [3.8, 4) is 0 Å². The van der Waals surface area contributed by atoms with Crippen LogP contribution in [0.25, 0.3) is 0 Å². The monoisotopic (exact) mass is 243 g/mol. The van der Waals surface area contributed by atoms with Gasteiger partial charge in [0, 0.05) is 32.4 Å². The first kappa shape index (κ1) is 15.6. The van der Waals surface area contributed by atoms with Gasteiger partial charge >= 0.3 is 0 Å². The number of hydrazine groups is 1. The zero-order chi connectivity index (χ0) is 13.4. The summed E-state index contributed by atoms with van der Waals surface area (Å²) in [7, 11) is 1.58. The largest absolute Gasteiger partial charge is 0.292 e. The lowest BCUT2D eigenvalue weighted by Gasteiger charge is -2.13. The second-order valence-electron chi connectivity index (χ2n) is 3.54. The highest BCUT2D eigenvalue weighted by atomic mass is 16.2. The van der Waals surface area contributed by atoms with Crippen molar-refractivity contribution in [3.63, 3.8) is 0 Å². The van der Waals surface area contributed by atoms with Crippen molar-refractivity contribution in [1.82, 2.24) is 15.8 Å². The van der Waals surface area contributed by atoms with E-state index < -0.39 is 0 Å². The van der Waals surface area contributed by atoms with E-state index in [1.54, 1.807) is 14.0 Å². The number of likely N-dealkylation sites (tertiary alicyclic amines) is 1. The summed E-state index contributed by atoms with van der Waals surface area (Å²) in [5.74, 6) is -0.857. The van der Waals surface area contributed by atoms with E-state index >= 15 is 0 Å². The third-order valence-electron chi connectivity index (χ3n) is 2.30. The molecule has 1 fully saturated rings. The maximum atomic E-state index is 11.4. The highest BCUT2D eigenvalue weighted by molar-refractivity contribution is 6.03.